The summed E-state index contributed by atoms with van der Waals surface area (Å²) in [5.74, 6) is -0.178. The third-order valence-corrected chi connectivity index (χ3v) is 5.28. The molecule has 2 amide bonds. The Kier molecular flexibility index (Phi) is 5.55. The maximum atomic E-state index is 12.1. The van der Waals surface area contributed by atoms with Gasteiger partial charge in [-0.05, 0) is 55.5 Å². The fraction of sp³-hybridized carbons (Fsp3) is 0.364. The van der Waals surface area contributed by atoms with Crippen LogP contribution in [0.4, 0.5) is 11.4 Å². The molecular formula is C22H25N3O4. The van der Waals surface area contributed by atoms with Gasteiger partial charge >= 0.3 is 11.8 Å². The van der Waals surface area contributed by atoms with Crippen molar-refractivity contribution in [2.45, 2.75) is 26.2 Å². The minimum absolute atomic E-state index is 0.159. The second-order valence-corrected chi connectivity index (χ2v) is 7.17. The van der Waals surface area contributed by atoms with Crippen LogP contribution in [0.15, 0.2) is 36.4 Å². The Hall–Kier alpha value is -3.22. The molecule has 2 aromatic carbocycles. The fourth-order valence-electron chi connectivity index (χ4n) is 3.78. The van der Waals surface area contributed by atoms with E-state index in [2.05, 4.69) is 40.7 Å². The summed E-state index contributed by atoms with van der Waals surface area (Å²) in [6, 6.07) is 11.5. The van der Waals surface area contributed by atoms with Gasteiger partial charge in [-0.2, -0.15) is 0 Å². The van der Waals surface area contributed by atoms with E-state index in [-0.39, 0.29) is 6.79 Å². The molecule has 0 radical (unpaired) electrons. The lowest BCUT2D eigenvalue weighted by atomic mass is 9.98. The van der Waals surface area contributed by atoms with Crippen molar-refractivity contribution in [2.24, 2.45) is 0 Å². The van der Waals surface area contributed by atoms with E-state index in [1.54, 1.807) is 18.2 Å². The predicted octanol–water partition coefficient (Wildman–Crippen LogP) is 2.49. The van der Waals surface area contributed by atoms with Crippen molar-refractivity contribution in [3.05, 3.63) is 47.5 Å². The van der Waals surface area contributed by atoms with Crippen LogP contribution in [-0.2, 0) is 22.4 Å². The van der Waals surface area contributed by atoms with Gasteiger partial charge in [0.05, 0.1) is 0 Å². The average Bonchev–Trinajstić information content (AvgIpc) is 3.20. The number of carbonyl (C=O) groups is 2. The van der Waals surface area contributed by atoms with Crippen LogP contribution in [0.2, 0.25) is 0 Å². The van der Waals surface area contributed by atoms with Crippen molar-refractivity contribution in [3.8, 4) is 11.5 Å². The molecular weight excluding hydrogens is 370 g/mol. The molecule has 0 aliphatic carbocycles. The molecule has 29 heavy (non-hydrogen) atoms. The Morgan fingerprint density at radius 3 is 2.79 bits per heavy atom. The van der Waals surface area contributed by atoms with Crippen LogP contribution in [0.1, 0.15) is 24.5 Å². The first-order valence-electron chi connectivity index (χ1n) is 9.99. The second-order valence-electron chi connectivity index (χ2n) is 7.17. The van der Waals surface area contributed by atoms with Crippen LogP contribution in [-0.4, -0.2) is 38.2 Å². The summed E-state index contributed by atoms with van der Waals surface area (Å²) < 4.78 is 10.5. The number of nitrogens with zero attached hydrogens (tertiary/aromatic N) is 1. The van der Waals surface area contributed by atoms with Gasteiger partial charge in [-0.3, -0.25) is 9.59 Å². The second kappa shape index (κ2) is 8.43. The topological polar surface area (TPSA) is 79.9 Å². The molecule has 2 heterocycles. The van der Waals surface area contributed by atoms with Gasteiger partial charge in [-0.25, -0.2) is 0 Å². The number of carbonyl (C=O) groups excluding carboxylic acids is 2. The molecule has 0 aromatic heterocycles. The highest BCUT2D eigenvalue weighted by molar-refractivity contribution is 6.39. The van der Waals surface area contributed by atoms with E-state index in [0.29, 0.717) is 30.2 Å². The van der Waals surface area contributed by atoms with Crippen LogP contribution >= 0.6 is 0 Å². The molecule has 0 unspecified atom stereocenters. The van der Waals surface area contributed by atoms with E-state index in [9.17, 15) is 9.59 Å². The summed E-state index contributed by atoms with van der Waals surface area (Å²) in [4.78, 5) is 26.6. The van der Waals surface area contributed by atoms with Crippen LogP contribution < -0.4 is 25.0 Å². The Morgan fingerprint density at radius 2 is 1.93 bits per heavy atom. The van der Waals surface area contributed by atoms with E-state index < -0.39 is 11.8 Å². The first-order valence-corrected chi connectivity index (χ1v) is 9.99. The number of hydrogen-bond donors (Lipinski definition) is 2. The Labute approximate surface area is 170 Å². The van der Waals surface area contributed by atoms with Gasteiger partial charge in [0.1, 0.15) is 0 Å². The van der Waals surface area contributed by atoms with Crippen LogP contribution in [0.25, 0.3) is 0 Å². The lowest BCUT2D eigenvalue weighted by molar-refractivity contribution is -0.136. The molecule has 2 N–H and O–H groups in total. The largest absolute Gasteiger partial charge is 0.454 e. The summed E-state index contributed by atoms with van der Waals surface area (Å²) in [6.07, 6.45) is 2.94. The summed E-state index contributed by atoms with van der Waals surface area (Å²) in [5, 5.41) is 5.27. The number of ether oxygens (including phenoxy) is 2. The Bertz CT molecular complexity index is 928. The lowest BCUT2D eigenvalue weighted by Crippen LogP contribution is -2.36. The molecule has 0 spiro atoms. The van der Waals surface area contributed by atoms with Gasteiger partial charge in [0.25, 0.3) is 0 Å². The SMILES string of the molecule is CCN1CCCc2cc(CCNC(=O)C(=O)Nc3ccc4c(c3)OCO4)ccc21. The molecule has 4 rings (SSSR count). The first kappa shape index (κ1) is 19.1. The molecule has 0 fully saturated rings. The quantitative estimate of drug-likeness (QED) is 0.761. The zero-order valence-electron chi connectivity index (χ0n) is 16.5. The zero-order valence-corrected chi connectivity index (χ0v) is 16.5. The number of benzene rings is 2. The molecule has 0 atom stereocenters. The summed E-state index contributed by atoms with van der Waals surface area (Å²) >= 11 is 0. The molecule has 0 saturated heterocycles. The number of nitrogens with one attached hydrogen (secondary N) is 2. The summed E-state index contributed by atoms with van der Waals surface area (Å²) in [6.45, 7) is 4.86. The van der Waals surface area contributed by atoms with Crippen molar-refractivity contribution in [3.63, 3.8) is 0 Å². The summed E-state index contributed by atoms with van der Waals surface area (Å²) in [5.41, 5.74) is 4.33. The van der Waals surface area contributed by atoms with Crippen LogP contribution in [0.3, 0.4) is 0 Å². The fourth-order valence-corrected chi connectivity index (χ4v) is 3.78. The molecule has 2 aromatic rings. The average molecular weight is 395 g/mol. The normalized spacial score (nSPS) is 14.3. The van der Waals surface area contributed by atoms with Crippen molar-refractivity contribution < 1.29 is 19.1 Å². The minimum atomic E-state index is -0.701. The number of aryl methyl sites for hydroxylation is 1. The van der Waals surface area contributed by atoms with E-state index in [1.165, 1.54) is 17.7 Å². The Morgan fingerprint density at radius 1 is 1.07 bits per heavy atom. The number of amides is 2. The third kappa shape index (κ3) is 4.29. The maximum absolute atomic E-state index is 12.1. The van der Waals surface area contributed by atoms with Gasteiger partial charge < -0.3 is 25.0 Å². The van der Waals surface area contributed by atoms with Gasteiger partial charge in [-0.1, -0.05) is 12.1 Å². The molecule has 7 heteroatoms. The van der Waals surface area contributed by atoms with Crippen molar-refractivity contribution in [1.82, 2.24) is 5.32 Å². The van der Waals surface area contributed by atoms with Gasteiger partial charge in [0, 0.05) is 37.1 Å². The van der Waals surface area contributed by atoms with Gasteiger partial charge in [0.2, 0.25) is 6.79 Å². The number of rotatable bonds is 5. The van der Waals surface area contributed by atoms with E-state index in [4.69, 9.17) is 9.47 Å². The third-order valence-electron chi connectivity index (χ3n) is 5.28. The van der Waals surface area contributed by atoms with E-state index in [1.807, 2.05) is 0 Å². The van der Waals surface area contributed by atoms with E-state index in [0.717, 1.165) is 25.1 Å². The highest BCUT2D eigenvalue weighted by Crippen LogP contribution is 2.34. The van der Waals surface area contributed by atoms with Crippen molar-refractivity contribution in [2.75, 3.05) is 36.6 Å². The van der Waals surface area contributed by atoms with Gasteiger partial charge in [-0.15, -0.1) is 0 Å². The van der Waals surface area contributed by atoms with Crippen molar-refractivity contribution in [1.29, 1.82) is 0 Å². The monoisotopic (exact) mass is 395 g/mol. The standard InChI is InChI=1S/C22H25N3O4/c1-2-25-11-3-4-16-12-15(5-7-18(16)25)9-10-23-21(26)22(27)24-17-6-8-19-20(13-17)29-14-28-19/h5-8,12-13H,2-4,9-11,14H2,1H3,(H,23,26)(H,24,27). The highest BCUT2D eigenvalue weighted by Gasteiger charge is 2.18. The predicted molar refractivity (Wildman–Crippen MR) is 111 cm³/mol. The molecule has 7 nitrogen and oxygen atoms in total. The van der Waals surface area contributed by atoms with Crippen LogP contribution in [0, 0.1) is 0 Å². The van der Waals surface area contributed by atoms with Gasteiger partial charge in [0.15, 0.2) is 11.5 Å². The lowest BCUT2D eigenvalue weighted by Gasteiger charge is -2.30. The van der Waals surface area contributed by atoms with Crippen LogP contribution in [0.5, 0.6) is 11.5 Å². The molecule has 0 saturated carbocycles. The molecule has 2 aliphatic heterocycles. The number of hydrogen-bond acceptors (Lipinski definition) is 5. The highest BCUT2D eigenvalue weighted by atomic mass is 16.7. The molecule has 0 bridgehead atoms. The minimum Gasteiger partial charge on any atom is -0.454 e. The summed E-state index contributed by atoms with van der Waals surface area (Å²) in [7, 11) is 0. The maximum Gasteiger partial charge on any atom is 0.313 e. The first-order chi connectivity index (χ1) is 14.1. The van der Waals surface area contributed by atoms with E-state index >= 15 is 0 Å². The number of anilines is 2. The smallest absolute Gasteiger partial charge is 0.313 e. The Balaban J connectivity index is 1.28. The molecule has 152 valence electrons. The number of fused-ring (bicyclic) bond motifs is 2. The molecule has 2 aliphatic rings. The zero-order chi connectivity index (χ0) is 20.2. The van der Waals surface area contributed by atoms with Crippen molar-refractivity contribution >= 4 is 23.2 Å².